The Morgan fingerprint density at radius 2 is 1.90 bits per heavy atom. The number of carbonyl (C=O) groups excluding carboxylic acids is 1. The van der Waals surface area contributed by atoms with Gasteiger partial charge in [-0.25, -0.2) is 13.4 Å². The predicted molar refractivity (Wildman–Crippen MR) is 119 cm³/mol. The van der Waals surface area contributed by atoms with Gasteiger partial charge in [0.1, 0.15) is 0 Å². The van der Waals surface area contributed by atoms with Crippen molar-refractivity contribution in [1.29, 1.82) is 0 Å². The van der Waals surface area contributed by atoms with E-state index >= 15 is 0 Å². The van der Waals surface area contributed by atoms with E-state index in [1.165, 1.54) is 16.4 Å². The summed E-state index contributed by atoms with van der Waals surface area (Å²) >= 11 is 1.12. The Hall–Kier alpha value is -2.17. The van der Waals surface area contributed by atoms with Gasteiger partial charge in [0.15, 0.2) is 5.16 Å². The molecule has 0 unspecified atom stereocenters. The van der Waals surface area contributed by atoms with Crippen molar-refractivity contribution in [2.75, 3.05) is 24.2 Å². The number of carbonyl (C=O) groups is 1. The average molecular weight is 453 g/mol. The lowest BCUT2D eigenvalue weighted by Crippen LogP contribution is -2.31. The second-order valence-electron chi connectivity index (χ2n) is 6.70. The molecule has 0 aliphatic rings. The van der Waals surface area contributed by atoms with E-state index in [9.17, 15) is 18.0 Å². The van der Waals surface area contributed by atoms with Crippen molar-refractivity contribution in [1.82, 2.24) is 14.3 Å². The van der Waals surface area contributed by atoms with E-state index in [2.05, 4.69) is 15.3 Å². The Morgan fingerprint density at radius 1 is 1.20 bits per heavy atom. The Labute approximate surface area is 181 Å². The van der Waals surface area contributed by atoms with Gasteiger partial charge in [-0.1, -0.05) is 45.0 Å². The van der Waals surface area contributed by atoms with Crippen LogP contribution in [-0.4, -0.2) is 47.4 Å². The number of anilines is 1. The molecule has 2 aromatic rings. The highest BCUT2D eigenvalue weighted by atomic mass is 32.2. The van der Waals surface area contributed by atoms with E-state index in [1.54, 1.807) is 32.9 Å². The normalized spacial score (nSPS) is 11.6. The minimum absolute atomic E-state index is 0.0323. The lowest BCUT2D eigenvalue weighted by Gasteiger charge is -2.20. The summed E-state index contributed by atoms with van der Waals surface area (Å²) < 4.78 is 27.1. The van der Waals surface area contributed by atoms with Gasteiger partial charge < -0.3 is 10.3 Å². The topological polar surface area (TPSA) is 112 Å². The maximum absolute atomic E-state index is 12.8. The molecule has 1 amide bonds. The number of aromatic nitrogens is 2. The molecule has 0 aliphatic carbocycles. The van der Waals surface area contributed by atoms with Crippen molar-refractivity contribution in [2.24, 2.45) is 0 Å². The summed E-state index contributed by atoms with van der Waals surface area (Å²) in [5, 5.41) is 3.10. The first-order valence-electron chi connectivity index (χ1n) is 9.84. The molecule has 0 spiro atoms. The van der Waals surface area contributed by atoms with Gasteiger partial charge in [-0.2, -0.15) is 4.31 Å². The molecule has 10 heteroatoms. The Balaban J connectivity index is 2.12. The van der Waals surface area contributed by atoms with E-state index in [0.29, 0.717) is 41.6 Å². The number of aromatic amines is 1. The number of sulfonamides is 1. The quantitative estimate of drug-likeness (QED) is 0.423. The van der Waals surface area contributed by atoms with Gasteiger partial charge in [-0.15, -0.1) is 0 Å². The molecular weight excluding hydrogens is 424 g/mol. The number of nitrogens with one attached hydrogen (secondary N) is 2. The maximum atomic E-state index is 12.8. The molecule has 1 heterocycles. The second-order valence-corrected chi connectivity index (χ2v) is 9.57. The van der Waals surface area contributed by atoms with Gasteiger partial charge in [0, 0.05) is 30.5 Å². The number of nitrogens with zero attached hydrogens (tertiary/aromatic N) is 2. The third-order valence-corrected chi connectivity index (χ3v) is 7.48. The molecule has 2 N–H and O–H groups in total. The van der Waals surface area contributed by atoms with Gasteiger partial charge in [-0.05, 0) is 31.0 Å². The maximum Gasteiger partial charge on any atom is 0.251 e. The van der Waals surface area contributed by atoms with E-state index < -0.39 is 10.0 Å². The van der Waals surface area contributed by atoms with Crippen LogP contribution in [0.25, 0.3) is 0 Å². The van der Waals surface area contributed by atoms with Crippen LogP contribution in [0.3, 0.4) is 0 Å². The fraction of sp³-hybridized carbons (Fsp3) is 0.450. The molecule has 0 saturated carbocycles. The summed E-state index contributed by atoms with van der Waals surface area (Å²) in [5.74, 6) is -0.288. The summed E-state index contributed by atoms with van der Waals surface area (Å²) in [7, 11) is -3.63. The molecule has 0 aliphatic heterocycles. The molecular formula is C20H28N4O4S2. The van der Waals surface area contributed by atoms with Crippen LogP contribution in [0.2, 0.25) is 0 Å². The fourth-order valence-electron chi connectivity index (χ4n) is 2.93. The third kappa shape index (κ3) is 6.16. The molecule has 0 saturated heterocycles. The minimum Gasteiger partial charge on any atom is -0.325 e. The van der Waals surface area contributed by atoms with Gasteiger partial charge in [0.25, 0.3) is 5.56 Å². The number of hydrogen-bond acceptors (Lipinski definition) is 6. The van der Waals surface area contributed by atoms with Crippen molar-refractivity contribution in [2.45, 2.75) is 50.6 Å². The molecule has 1 aromatic heterocycles. The van der Waals surface area contributed by atoms with Crippen LogP contribution >= 0.6 is 11.8 Å². The molecule has 164 valence electrons. The van der Waals surface area contributed by atoms with Crippen LogP contribution in [0.15, 0.2) is 39.1 Å². The van der Waals surface area contributed by atoms with E-state index in [-0.39, 0.29) is 22.1 Å². The first-order chi connectivity index (χ1) is 14.2. The van der Waals surface area contributed by atoms with Crippen LogP contribution in [-0.2, 0) is 21.2 Å². The zero-order valence-corrected chi connectivity index (χ0v) is 19.3. The molecule has 2 rings (SSSR count). The number of H-pyrrole nitrogens is 1. The Kier molecular flexibility index (Phi) is 8.63. The number of benzene rings is 1. The van der Waals surface area contributed by atoms with Gasteiger partial charge in [0.05, 0.1) is 10.6 Å². The first-order valence-corrected chi connectivity index (χ1v) is 12.3. The van der Waals surface area contributed by atoms with Crippen molar-refractivity contribution >= 4 is 33.4 Å². The van der Waals surface area contributed by atoms with Crippen LogP contribution in [0.5, 0.6) is 0 Å². The number of thioether (sulfide) groups is 1. The standard InChI is InChI=1S/C20H28N4O4S2/c1-5-8-15-12-18(25)23-20(22-15)29-13-19(26)21-16-10-9-14(4)17(11-16)30(27,28)24(6-2)7-3/h9-12H,5-8,13H2,1-4H3,(H,21,26)(H,22,23,25). The van der Waals surface area contributed by atoms with Crippen molar-refractivity contribution in [3.8, 4) is 0 Å². The number of hydrogen-bond donors (Lipinski definition) is 2. The molecule has 8 nitrogen and oxygen atoms in total. The molecule has 1 aromatic carbocycles. The fourth-order valence-corrected chi connectivity index (χ4v) is 5.33. The largest absolute Gasteiger partial charge is 0.325 e. The van der Waals surface area contributed by atoms with Crippen molar-refractivity contribution in [3.63, 3.8) is 0 Å². The smallest absolute Gasteiger partial charge is 0.251 e. The van der Waals surface area contributed by atoms with Crippen LogP contribution in [0, 0.1) is 6.92 Å². The molecule has 0 fully saturated rings. The zero-order chi connectivity index (χ0) is 22.3. The summed E-state index contributed by atoms with van der Waals surface area (Å²) in [6.07, 6.45) is 1.56. The summed E-state index contributed by atoms with van der Waals surface area (Å²) in [4.78, 5) is 31.2. The van der Waals surface area contributed by atoms with Crippen LogP contribution in [0.4, 0.5) is 5.69 Å². The highest BCUT2D eigenvalue weighted by Crippen LogP contribution is 2.24. The summed E-state index contributed by atoms with van der Waals surface area (Å²) in [6, 6.07) is 6.28. The Morgan fingerprint density at radius 3 is 2.53 bits per heavy atom. The lowest BCUT2D eigenvalue weighted by atomic mass is 10.2. The second kappa shape index (κ2) is 10.7. The van der Waals surface area contributed by atoms with Crippen LogP contribution in [0.1, 0.15) is 38.4 Å². The molecule has 0 radical (unpaired) electrons. The Bertz CT molecular complexity index is 1050. The highest BCUT2D eigenvalue weighted by Gasteiger charge is 2.24. The number of aryl methyl sites for hydroxylation is 2. The number of rotatable bonds is 10. The molecule has 0 bridgehead atoms. The molecule has 0 atom stereocenters. The lowest BCUT2D eigenvalue weighted by molar-refractivity contribution is -0.113. The van der Waals surface area contributed by atoms with Gasteiger partial charge in [0.2, 0.25) is 15.9 Å². The van der Waals surface area contributed by atoms with E-state index in [1.807, 2.05) is 6.92 Å². The predicted octanol–water partition coefficient (Wildman–Crippen LogP) is 2.79. The monoisotopic (exact) mass is 452 g/mol. The summed E-state index contributed by atoms with van der Waals surface area (Å²) in [6.45, 7) is 8.03. The SMILES string of the molecule is CCCc1cc(=O)[nH]c(SCC(=O)Nc2ccc(C)c(S(=O)(=O)N(CC)CC)c2)n1. The van der Waals surface area contributed by atoms with E-state index in [4.69, 9.17) is 0 Å². The minimum atomic E-state index is -3.63. The molecule has 30 heavy (non-hydrogen) atoms. The third-order valence-electron chi connectivity index (χ3n) is 4.41. The van der Waals surface area contributed by atoms with E-state index in [0.717, 1.165) is 18.2 Å². The van der Waals surface area contributed by atoms with Crippen LogP contribution < -0.4 is 10.9 Å². The van der Waals surface area contributed by atoms with Gasteiger partial charge >= 0.3 is 0 Å². The van der Waals surface area contributed by atoms with Gasteiger partial charge in [-0.3, -0.25) is 9.59 Å². The van der Waals surface area contributed by atoms with Crippen molar-refractivity contribution < 1.29 is 13.2 Å². The highest BCUT2D eigenvalue weighted by molar-refractivity contribution is 7.99. The zero-order valence-electron chi connectivity index (χ0n) is 17.7. The average Bonchev–Trinajstić information content (AvgIpc) is 2.68. The first kappa shape index (κ1) is 24.1. The van der Waals surface area contributed by atoms with Crippen molar-refractivity contribution in [3.05, 3.63) is 45.9 Å². The summed E-state index contributed by atoms with van der Waals surface area (Å²) in [5.41, 5.74) is 1.46. The number of amides is 1.